The molecule has 1 aliphatic carbocycles. The molecule has 136 valence electrons. The molecular weight excluding hydrogens is 323 g/mol. The molecule has 0 radical (unpaired) electrons. The van der Waals surface area contributed by atoms with Gasteiger partial charge < -0.3 is 9.47 Å². The zero-order valence-electron chi connectivity index (χ0n) is 15.5. The first-order chi connectivity index (χ1) is 12.7. The van der Waals surface area contributed by atoms with Crippen LogP contribution in [0.3, 0.4) is 0 Å². The summed E-state index contributed by atoms with van der Waals surface area (Å²) in [4.78, 5) is 2.52. The second-order valence-corrected chi connectivity index (χ2v) is 7.54. The predicted molar refractivity (Wildman–Crippen MR) is 107 cm³/mol. The van der Waals surface area contributed by atoms with E-state index in [4.69, 9.17) is 0 Å². The highest BCUT2D eigenvalue weighted by Gasteiger charge is 2.17. The van der Waals surface area contributed by atoms with Crippen molar-refractivity contribution in [2.45, 2.75) is 44.7 Å². The van der Waals surface area contributed by atoms with Gasteiger partial charge in [0.25, 0.3) is 0 Å². The summed E-state index contributed by atoms with van der Waals surface area (Å²) in [7, 11) is 2.26. The summed E-state index contributed by atoms with van der Waals surface area (Å²) < 4.78 is 16.5. The smallest absolute Gasteiger partial charge is 0.131 e. The Kier molecular flexibility index (Phi) is 5.07. The topological polar surface area (TPSA) is 8.17 Å². The third-order valence-electron chi connectivity index (χ3n) is 5.85. The summed E-state index contributed by atoms with van der Waals surface area (Å²) >= 11 is 0. The largest absolute Gasteiger partial charge is 0.346 e. The van der Waals surface area contributed by atoms with E-state index in [0.717, 1.165) is 24.7 Å². The molecule has 0 unspecified atom stereocenters. The third-order valence-corrected chi connectivity index (χ3v) is 5.85. The van der Waals surface area contributed by atoms with Crippen LogP contribution in [0.2, 0.25) is 0 Å². The van der Waals surface area contributed by atoms with Crippen molar-refractivity contribution in [1.82, 2.24) is 9.47 Å². The van der Waals surface area contributed by atoms with Gasteiger partial charge in [0.2, 0.25) is 0 Å². The Balaban J connectivity index is 1.54. The fourth-order valence-corrected chi connectivity index (χ4v) is 4.21. The van der Waals surface area contributed by atoms with Crippen LogP contribution in [-0.4, -0.2) is 29.1 Å². The SMILES string of the molecule is CN(CCn1ccc2ccc(-c3ccccc3F)cc21)C1CCCCC1. The number of halogens is 1. The molecule has 26 heavy (non-hydrogen) atoms. The van der Waals surface area contributed by atoms with E-state index in [-0.39, 0.29) is 5.82 Å². The van der Waals surface area contributed by atoms with Gasteiger partial charge in [-0.3, -0.25) is 0 Å². The molecule has 3 aromatic rings. The molecule has 1 saturated carbocycles. The van der Waals surface area contributed by atoms with E-state index in [1.807, 2.05) is 18.2 Å². The Morgan fingerprint density at radius 3 is 2.65 bits per heavy atom. The highest BCUT2D eigenvalue weighted by atomic mass is 19.1. The van der Waals surface area contributed by atoms with Gasteiger partial charge in [-0.1, -0.05) is 49.6 Å². The van der Waals surface area contributed by atoms with Crippen LogP contribution in [0, 0.1) is 5.82 Å². The number of fused-ring (bicyclic) bond motifs is 1. The van der Waals surface area contributed by atoms with Crippen molar-refractivity contribution < 1.29 is 4.39 Å². The molecule has 0 spiro atoms. The first-order valence-corrected chi connectivity index (χ1v) is 9.76. The summed E-state index contributed by atoms with van der Waals surface area (Å²) in [6, 6.07) is 16.1. The van der Waals surface area contributed by atoms with Gasteiger partial charge >= 0.3 is 0 Å². The molecule has 0 aliphatic heterocycles. The minimum absolute atomic E-state index is 0.165. The van der Waals surface area contributed by atoms with Gasteiger partial charge in [0, 0.05) is 36.4 Å². The van der Waals surface area contributed by atoms with Crippen molar-refractivity contribution >= 4 is 10.9 Å². The fraction of sp³-hybridized carbons (Fsp3) is 0.391. The van der Waals surface area contributed by atoms with Crippen molar-refractivity contribution in [2.24, 2.45) is 0 Å². The number of hydrogen-bond donors (Lipinski definition) is 0. The zero-order chi connectivity index (χ0) is 17.9. The van der Waals surface area contributed by atoms with E-state index >= 15 is 0 Å². The molecule has 1 fully saturated rings. The van der Waals surface area contributed by atoms with E-state index in [1.54, 1.807) is 6.07 Å². The predicted octanol–water partition coefficient (Wildman–Crippen LogP) is 5.71. The second kappa shape index (κ2) is 7.63. The van der Waals surface area contributed by atoms with E-state index in [0.29, 0.717) is 5.56 Å². The van der Waals surface area contributed by atoms with Crippen LogP contribution >= 0.6 is 0 Å². The quantitative estimate of drug-likeness (QED) is 0.572. The Morgan fingerprint density at radius 1 is 1.04 bits per heavy atom. The number of likely N-dealkylation sites (N-methyl/N-ethyl adjacent to an activating group) is 1. The zero-order valence-corrected chi connectivity index (χ0v) is 15.5. The molecule has 4 rings (SSSR count). The van der Waals surface area contributed by atoms with Crippen molar-refractivity contribution in [1.29, 1.82) is 0 Å². The van der Waals surface area contributed by atoms with Crippen LogP contribution in [0.4, 0.5) is 4.39 Å². The number of benzene rings is 2. The van der Waals surface area contributed by atoms with Crippen LogP contribution in [0.5, 0.6) is 0 Å². The third kappa shape index (κ3) is 3.54. The Hall–Kier alpha value is -2.13. The van der Waals surface area contributed by atoms with E-state index in [1.165, 1.54) is 49.1 Å². The molecule has 1 aromatic heterocycles. The molecular formula is C23H27FN2. The summed E-state index contributed by atoms with van der Waals surface area (Å²) in [6.45, 7) is 2.02. The number of hydrogen-bond acceptors (Lipinski definition) is 1. The highest BCUT2D eigenvalue weighted by Crippen LogP contribution is 2.27. The number of nitrogens with zero attached hydrogens (tertiary/aromatic N) is 2. The van der Waals surface area contributed by atoms with Gasteiger partial charge in [-0.05, 0) is 49.0 Å². The first-order valence-electron chi connectivity index (χ1n) is 9.76. The lowest BCUT2D eigenvalue weighted by Gasteiger charge is -2.31. The van der Waals surface area contributed by atoms with E-state index < -0.39 is 0 Å². The average molecular weight is 350 g/mol. The van der Waals surface area contributed by atoms with Crippen LogP contribution in [-0.2, 0) is 6.54 Å². The summed E-state index contributed by atoms with van der Waals surface area (Å²) in [5, 5.41) is 1.21. The minimum Gasteiger partial charge on any atom is -0.346 e. The molecule has 1 heterocycles. The van der Waals surface area contributed by atoms with Crippen LogP contribution in [0.25, 0.3) is 22.0 Å². The highest BCUT2D eigenvalue weighted by molar-refractivity contribution is 5.85. The Labute approximate surface area is 155 Å². The molecule has 2 nitrogen and oxygen atoms in total. The normalized spacial score (nSPS) is 15.8. The van der Waals surface area contributed by atoms with Crippen molar-refractivity contribution in [3.63, 3.8) is 0 Å². The molecule has 1 aliphatic rings. The second-order valence-electron chi connectivity index (χ2n) is 7.54. The van der Waals surface area contributed by atoms with Gasteiger partial charge in [0.1, 0.15) is 5.82 Å². The van der Waals surface area contributed by atoms with E-state index in [2.05, 4.69) is 40.9 Å². The van der Waals surface area contributed by atoms with Gasteiger partial charge in [-0.15, -0.1) is 0 Å². The summed E-state index contributed by atoms with van der Waals surface area (Å²) in [5.41, 5.74) is 2.79. The van der Waals surface area contributed by atoms with Crippen LogP contribution in [0.1, 0.15) is 32.1 Å². The lowest BCUT2D eigenvalue weighted by atomic mass is 9.94. The lowest BCUT2D eigenvalue weighted by Crippen LogP contribution is -2.35. The summed E-state index contributed by atoms with van der Waals surface area (Å²) in [5.74, 6) is -0.165. The van der Waals surface area contributed by atoms with Gasteiger partial charge in [0.15, 0.2) is 0 Å². The molecule has 0 bridgehead atoms. The fourth-order valence-electron chi connectivity index (χ4n) is 4.21. The number of rotatable bonds is 5. The molecule has 2 aromatic carbocycles. The first kappa shape index (κ1) is 17.3. The van der Waals surface area contributed by atoms with Gasteiger partial charge in [-0.25, -0.2) is 4.39 Å². The maximum Gasteiger partial charge on any atom is 0.131 e. The lowest BCUT2D eigenvalue weighted by molar-refractivity contribution is 0.186. The summed E-state index contributed by atoms with van der Waals surface area (Å²) in [6.07, 6.45) is 8.96. The Bertz CT molecular complexity index is 877. The van der Waals surface area contributed by atoms with E-state index in [9.17, 15) is 4.39 Å². The van der Waals surface area contributed by atoms with Crippen molar-refractivity contribution in [3.8, 4) is 11.1 Å². The van der Waals surface area contributed by atoms with Crippen molar-refractivity contribution in [2.75, 3.05) is 13.6 Å². The maximum absolute atomic E-state index is 14.1. The van der Waals surface area contributed by atoms with Gasteiger partial charge in [0.05, 0.1) is 0 Å². The standard InChI is InChI=1S/C23H27FN2/c1-25(20-7-3-2-4-8-20)15-16-26-14-13-18-11-12-19(17-23(18)26)21-9-5-6-10-22(21)24/h5-6,9-14,17,20H,2-4,7-8,15-16H2,1H3. The maximum atomic E-state index is 14.1. The average Bonchev–Trinajstić information content (AvgIpc) is 3.09. The molecule has 0 N–H and O–H groups in total. The molecule has 3 heteroatoms. The Morgan fingerprint density at radius 2 is 1.85 bits per heavy atom. The van der Waals surface area contributed by atoms with Crippen LogP contribution in [0.15, 0.2) is 54.7 Å². The molecule has 0 amide bonds. The van der Waals surface area contributed by atoms with Crippen LogP contribution < -0.4 is 0 Å². The van der Waals surface area contributed by atoms with Gasteiger partial charge in [-0.2, -0.15) is 0 Å². The minimum atomic E-state index is -0.165. The molecule has 0 saturated heterocycles. The van der Waals surface area contributed by atoms with Crippen molar-refractivity contribution in [3.05, 3.63) is 60.5 Å². The molecule has 0 atom stereocenters. The monoisotopic (exact) mass is 350 g/mol. The number of aromatic nitrogens is 1.